The molecule has 0 aliphatic rings. The average molecular weight is 276 g/mol. The summed E-state index contributed by atoms with van der Waals surface area (Å²) >= 11 is 0. The number of methoxy groups -OCH3 is 1. The number of carbonyl (C=O) groups excluding carboxylic acids is 2. The van der Waals surface area contributed by atoms with Crippen LogP contribution in [0.3, 0.4) is 0 Å². The van der Waals surface area contributed by atoms with Gasteiger partial charge in [-0.25, -0.2) is 9.78 Å². The molecule has 7 heteroatoms. The number of ether oxygens (including phenoxy) is 1. The van der Waals surface area contributed by atoms with E-state index in [-0.39, 0.29) is 11.6 Å². The topological polar surface area (TPSA) is 99.2 Å². The third-order valence-electron chi connectivity index (χ3n) is 2.92. The lowest BCUT2D eigenvalue weighted by atomic mass is 10.2. The maximum atomic E-state index is 12.0. The summed E-state index contributed by atoms with van der Waals surface area (Å²) in [4.78, 5) is 27.6. The number of hydrogen-bond donors (Lipinski definition) is 2. The predicted molar refractivity (Wildman–Crippen MR) is 75.5 cm³/mol. The Kier molecular flexibility index (Phi) is 3.60. The molecular weight excluding hydrogens is 260 g/mol. The maximum Gasteiger partial charge on any atom is 0.356 e. The second-order valence-electron chi connectivity index (χ2n) is 4.28. The molecule has 0 fully saturated rings. The second-order valence-corrected chi connectivity index (χ2v) is 4.28. The number of aryl methyl sites for hydroxylation is 1. The summed E-state index contributed by atoms with van der Waals surface area (Å²) in [6, 6.07) is 1.67. The molecule has 7 nitrogen and oxygen atoms in total. The number of fused-ring (bicyclic) bond motifs is 1. The number of anilines is 2. The first kappa shape index (κ1) is 13.9. The van der Waals surface area contributed by atoms with E-state index in [1.165, 1.54) is 20.2 Å². The maximum absolute atomic E-state index is 12.0. The summed E-state index contributed by atoms with van der Waals surface area (Å²) < 4.78 is 6.48. The van der Waals surface area contributed by atoms with Crippen LogP contribution in [0.1, 0.15) is 24.3 Å². The van der Waals surface area contributed by atoms with Gasteiger partial charge in [0.05, 0.1) is 24.7 Å². The lowest BCUT2D eigenvalue weighted by Gasteiger charge is -2.07. The van der Waals surface area contributed by atoms with Crippen LogP contribution in [0.4, 0.5) is 11.4 Å². The van der Waals surface area contributed by atoms with E-state index >= 15 is 0 Å². The largest absolute Gasteiger partial charge is 0.464 e. The van der Waals surface area contributed by atoms with Crippen molar-refractivity contribution in [2.75, 3.05) is 18.2 Å². The fraction of sp³-hybridized carbons (Fsp3) is 0.308. The molecule has 2 rings (SSSR count). The van der Waals surface area contributed by atoms with Crippen molar-refractivity contribution in [2.45, 2.75) is 20.4 Å². The van der Waals surface area contributed by atoms with E-state index in [0.29, 0.717) is 29.0 Å². The fourth-order valence-corrected chi connectivity index (χ4v) is 2.16. The Morgan fingerprint density at radius 3 is 2.75 bits per heavy atom. The van der Waals surface area contributed by atoms with Gasteiger partial charge in [0.25, 0.3) is 0 Å². The summed E-state index contributed by atoms with van der Waals surface area (Å²) in [5.41, 5.74) is 7.40. The average Bonchev–Trinajstić information content (AvgIpc) is 2.70. The summed E-state index contributed by atoms with van der Waals surface area (Å²) in [5, 5.41) is 3.27. The van der Waals surface area contributed by atoms with E-state index in [4.69, 9.17) is 10.5 Å². The number of amides is 1. The van der Waals surface area contributed by atoms with Gasteiger partial charge in [-0.15, -0.1) is 0 Å². The summed E-state index contributed by atoms with van der Waals surface area (Å²) in [6.45, 7) is 3.76. The molecule has 2 heterocycles. The van der Waals surface area contributed by atoms with Crippen molar-refractivity contribution in [3.63, 3.8) is 0 Å². The lowest BCUT2D eigenvalue weighted by molar-refractivity contribution is -0.114. The number of pyridine rings is 1. The van der Waals surface area contributed by atoms with Crippen molar-refractivity contribution in [1.29, 1.82) is 0 Å². The quantitative estimate of drug-likeness (QED) is 0.825. The van der Waals surface area contributed by atoms with Crippen LogP contribution in [0.5, 0.6) is 0 Å². The van der Waals surface area contributed by atoms with E-state index in [1.54, 1.807) is 10.6 Å². The molecule has 0 aromatic carbocycles. The Balaban J connectivity index is 2.84. The van der Waals surface area contributed by atoms with Crippen molar-refractivity contribution < 1.29 is 14.3 Å². The Morgan fingerprint density at radius 1 is 1.50 bits per heavy atom. The predicted octanol–water partition coefficient (Wildman–Crippen LogP) is 1.38. The van der Waals surface area contributed by atoms with E-state index in [2.05, 4.69) is 10.3 Å². The molecule has 0 radical (unpaired) electrons. The fourth-order valence-electron chi connectivity index (χ4n) is 2.16. The molecule has 3 N–H and O–H groups in total. The number of rotatable bonds is 3. The SMILES string of the molecule is CCn1c(C(=O)OC)c(NC(C)=O)c2cc(N)cnc21. The summed E-state index contributed by atoms with van der Waals surface area (Å²) in [7, 11) is 1.29. The number of carbonyl (C=O) groups is 2. The number of hydrogen-bond acceptors (Lipinski definition) is 5. The molecule has 1 amide bonds. The normalized spacial score (nSPS) is 10.6. The molecule has 20 heavy (non-hydrogen) atoms. The van der Waals surface area contributed by atoms with Crippen molar-refractivity contribution in [2.24, 2.45) is 0 Å². The molecule has 0 bridgehead atoms. The molecule has 0 saturated carbocycles. The van der Waals surface area contributed by atoms with Crippen LogP contribution in [0.25, 0.3) is 11.0 Å². The van der Waals surface area contributed by atoms with Crippen molar-refractivity contribution in [1.82, 2.24) is 9.55 Å². The standard InChI is InChI=1S/C13H16N4O3/c1-4-17-11(13(19)20-3)10(16-7(2)18)9-5-8(14)6-15-12(9)17/h5-6H,4,14H2,1-3H3,(H,16,18). The van der Waals surface area contributed by atoms with Gasteiger partial charge in [-0.05, 0) is 13.0 Å². The van der Waals surface area contributed by atoms with Crippen LogP contribution in [0.15, 0.2) is 12.3 Å². The smallest absolute Gasteiger partial charge is 0.356 e. The summed E-state index contributed by atoms with van der Waals surface area (Å²) in [6.07, 6.45) is 1.51. The highest BCUT2D eigenvalue weighted by atomic mass is 16.5. The first-order valence-corrected chi connectivity index (χ1v) is 6.13. The number of esters is 1. The second kappa shape index (κ2) is 5.20. The van der Waals surface area contributed by atoms with Crippen LogP contribution in [-0.2, 0) is 16.1 Å². The Morgan fingerprint density at radius 2 is 2.20 bits per heavy atom. The number of nitrogen functional groups attached to an aromatic ring is 1. The molecule has 0 aliphatic carbocycles. The highest BCUT2D eigenvalue weighted by molar-refractivity contribution is 6.10. The van der Waals surface area contributed by atoms with Crippen LogP contribution in [-0.4, -0.2) is 28.5 Å². The van der Waals surface area contributed by atoms with E-state index in [9.17, 15) is 9.59 Å². The van der Waals surface area contributed by atoms with Gasteiger partial charge in [0.1, 0.15) is 5.65 Å². The van der Waals surface area contributed by atoms with Crippen LogP contribution < -0.4 is 11.1 Å². The summed E-state index contributed by atoms with van der Waals surface area (Å²) in [5.74, 6) is -0.820. The zero-order valence-electron chi connectivity index (χ0n) is 11.6. The van der Waals surface area contributed by atoms with E-state index < -0.39 is 5.97 Å². The molecular formula is C13H16N4O3. The van der Waals surface area contributed by atoms with Crippen molar-refractivity contribution in [3.8, 4) is 0 Å². The molecule has 0 saturated heterocycles. The lowest BCUT2D eigenvalue weighted by Crippen LogP contribution is -2.14. The zero-order chi connectivity index (χ0) is 14.9. The van der Waals surface area contributed by atoms with Crippen LogP contribution in [0, 0.1) is 0 Å². The Bertz CT molecular complexity index is 690. The van der Waals surface area contributed by atoms with Gasteiger partial charge in [-0.3, -0.25) is 4.79 Å². The monoisotopic (exact) mass is 276 g/mol. The highest BCUT2D eigenvalue weighted by Crippen LogP contribution is 2.31. The number of nitrogens with two attached hydrogens (primary N) is 1. The minimum Gasteiger partial charge on any atom is -0.464 e. The van der Waals surface area contributed by atoms with Gasteiger partial charge in [0.2, 0.25) is 5.91 Å². The number of nitrogens with one attached hydrogen (secondary N) is 1. The van der Waals surface area contributed by atoms with Gasteiger partial charge in [0.15, 0.2) is 5.69 Å². The van der Waals surface area contributed by atoms with Gasteiger partial charge in [0, 0.05) is 18.9 Å². The van der Waals surface area contributed by atoms with Gasteiger partial charge in [-0.1, -0.05) is 0 Å². The zero-order valence-corrected chi connectivity index (χ0v) is 11.6. The van der Waals surface area contributed by atoms with E-state index in [0.717, 1.165) is 0 Å². The number of nitrogens with zero attached hydrogens (tertiary/aromatic N) is 2. The first-order valence-electron chi connectivity index (χ1n) is 6.13. The molecule has 0 aliphatic heterocycles. The van der Waals surface area contributed by atoms with E-state index in [1.807, 2.05) is 6.92 Å². The molecule has 0 unspecified atom stereocenters. The first-order chi connectivity index (χ1) is 9.49. The van der Waals surface area contributed by atoms with Crippen molar-refractivity contribution >= 4 is 34.3 Å². The Labute approximate surface area is 115 Å². The molecule has 106 valence electrons. The Hall–Kier alpha value is -2.57. The number of aromatic nitrogens is 2. The van der Waals surface area contributed by atoms with Gasteiger partial charge < -0.3 is 20.4 Å². The van der Waals surface area contributed by atoms with Crippen LogP contribution in [0.2, 0.25) is 0 Å². The molecule has 2 aromatic heterocycles. The molecule has 2 aromatic rings. The van der Waals surface area contributed by atoms with Crippen molar-refractivity contribution in [3.05, 3.63) is 18.0 Å². The third kappa shape index (κ3) is 2.18. The molecule has 0 spiro atoms. The third-order valence-corrected chi connectivity index (χ3v) is 2.92. The molecule has 0 atom stereocenters. The minimum atomic E-state index is -0.535. The van der Waals surface area contributed by atoms with Gasteiger partial charge >= 0.3 is 5.97 Å². The minimum absolute atomic E-state index is 0.262. The highest BCUT2D eigenvalue weighted by Gasteiger charge is 2.24. The van der Waals surface area contributed by atoms with Gasteiger partial charge in [-0.2, -0.15) is 0 Å². The van der Waals surface area contributed by atoms with Crippen LogP contribution >= 0.6 is 0 Å².